The number of anilines is 1. The number of benzene rings is 1. The fourth-order valence-corrected chi connectivity index (χ4v) is 1.23. The Bertz CT molecular complexity index is 474. The third-order valence-electron chi connectivity index (χ3n) is 2.82. The van der Waals surface area contributed by atoms with Crippen molar-refractivity contribution in [3.63, 3.8) is 0 Å². The summed E-state index contributed by atoms with van der Waals surface area (Å²) >= 11 is 0. The summed E-state index contributed by atoms with van der Waals surface area (Å²) in [6.45, 7) is 3.66. The first kappa shape index (κ1) is 19.2. The van der Waals surface area contributed by atoms with Crippen molar-refractivity contribution < 1.29 is 19.1 Å². The van der Waals surface area contributed by atoms with Gasteiger partial charge in [-0.3, -0.25) is 4.79 Å². The molecule has 0 spiro atoms. The molecule has 0 unspecified atom stereocenters. The summed E-state index contributed by atoms with van der Waals surface area (Å²) in [4.78, 5) is 22.8. The molecule has 0 aliphatic rings. The first-order chi connectivity index (χ1) is 9.39. The number of hydrogen-bond donors (Lipinski definition) is 2. The maximum atomic E-state index is 11.9. The van der Waals surface area contributed by atoms with Crippen LogP contribution in [0.1, 0.15) is 13.8 Å². The van der Waals surface area contributed by atoms with Crippen LogP contribution in [0.3, 0.4) is 0 Å². The van der Waals surface area contributed by atoms with E-state index < -0.39 is 11.4 Å². The van der Waals surface area contributed by atoms with E-state index in [0.717, 1.165) is 0 Å². The van der Waals surface area contributed by atoms with Gasteiger partial charge in [-0.25, -0.2) is 4.79 Å². The van der Waals surface area contributed by atoms with E-state index >= 15 is 0 Å². The second kappa shape index (κ2) is 8.49. The van der Waals surface area contributed by atoms with Gasteiger partial charge in [0.1, 0.15) is 5.75 Å². The topological polar surface area (TPSA) is 90.6 Å². The number of carbonyl (C=O) groups is 2. The van der Waals surface area contributed by atoms with Crippen LogP contribution in [0.5, 0.6) is 5.75 Å². The number of ether oxygens (including phenoxy) is 2. The van der Waals surface area contributed by atoms with Crippen LogP contribution in [0, 0.1) is 5.41 Å². The van der Waals surface area contributed by atoms with E-state index in [2.05, 4.69) is 10.1 Å². The van der Waals surface area contributed by atoms with E-state index in [4.69, 9.17) is 10.5 Å². The lowest BCUT2D eigenvalue weighted by molar-refractivity contribution is -0.142. The molecule has 0 saturated carbocycles. The van der Waals surface area contributed by atoms with Gasteiger partial charge in [0, 0.05) is 12.2 Å². The van der Waals surface area contributed by atoms with Gasteiger partial charge in [0.15, 0.2) is 6.61 Å². The maximum absolute atomic E-state index is 11.9. The largest absolute Gasteiger partial charge is 0.482 e. The van der Waals surface area contributed by atoms with Crippen molar-refractivity contribution in [1.82, 2.24) is 0 Å². The van der Waals surface area contributed by atoms with Crippen LogP contribution in [0.15, 0.2) is 24.3 Å². The monoisotopic (exact) mass is 316 g/mol. The quantitative estimate of drug-likeness (QED) is 0.778. The Balaban J connectivity index is 0.00000400. The highest BCUT2D eigenvalue weighted by Gasteiger charge is 2.25. The molecule has 6 nitrogen and oxygen atoms in total. The van der Waals surface area contributed by atoms with Crippen molar-refractivity contribution in [2.45, 2.75) is 13.8 Å². The van der Waals surface area contributed by atoms with Gasteiger partial charge < -0.3 is 20.5 Å². The zero-order chi connectivity index (χ0) is 15.2. The van der Waals surface area contributed by atoms with Crippen molar-refractivity contribution >= 4 is 30.0 Å². The zero-order valence-corrected chi connectivity index (χ0v) is 13.2. The predicted octanol–water partition coefficient (Wildman–Crippen LogP) is 1.58. The molecule has 21 heavy (non-hydrogen) atoms. The van der Waals surface area contributed by atoms with Crippen LogP contribution in [0.25, 0.3) is 0 Å². The molecule has 1 amide bonds. The number of esters is 1. The average molecular weight is 317 g/mol. The highest BCUT2D eigenvalue weighted by atomic mass is 35.5. The summed E-state index contributed by atoms with van der Waals surface area (Å²) in [5, 5.41) is 2.77. The Labute approximate surface area is 130 Å². The first-order valence-electron chi connectivity index (χ1n) is 6.20. The third kappa shape index (κ3) is 6.01. The first-order valence-corrected chi connectivity index (χ1v) is 6.20. The van der Waals surface area contributed by atoms with E-state index in [1.165, 1.54) is 7.11 Å². The second-order valence-corrected chi connectivity index (χ2v) is 4.93. The predicted molar refractivity (Wildman–Crippen MR) is 82.7 cm³/mol. The van der Waals surface area contributed by atoms with Crippen molar-refractivity contribution in [3.8, 4) is 5.75 Å². The molecule has 1 rings (SSSR count). The van der Waals surface area contributed by atoms with Crippen molar-refractivity contribution in [2.24, 2.45) is 11.1 Å². The Hall–Kier alpha value is -1.79. The highest BCUT2D eigenvalue weighted by molar-refractivity contribution is 5.95. The standard InChI is InChI=1S/C14H20N2O4.ClH/c1-14(2,9-15)13(18)16-10-4-6-11(7-5-10)20-8-12(17)19-3;/h4-7H,8-9,15H2,1-3H3,(H,16,18);1H. The molecule has 0 bridgehead atoms. The molecular formula is C14H21ClN2O4. The normalized spacial score (nSPS) is 10.3. The SMILES string of the molecule is COC(=O)COc1ccc(NC(=O)C(C)(C)CN)cc1.Cl. The molecule has 0 fully saturated rings. The lowest BCUT2D eigenvalue weighted by atomic mass is 9.92. The van der Waals surface area contributed by atoms with Crippen molar-refractivity contribution in [2.75, 3.05) is 25.6 Å². The number of nitrogens with one attached hydrogen (secondary N) is 1. The Kier molecular flexibility index (Phi) is 7.76. The molecule has 118 valence electrons. The van der Waals surface area contributed by atoms with Gasteiger partial charge in [0.25, 0.3) is 0 Å². The lowest BCUT2D eigenvalue weighted by Crippen LogP contribution is -2.37. The molecule has 1 aromatic rings. The van der Waals surface area contributed by atoms with E-state index in [1.807, 2.05) is 0 Å². The third-order valence-corrected chi connectivity index (χ3v) is 2.82. The summed E-state index contributed by atoms with van der Waals surface area (Å²) in [6.07, 6.45) is 0. The number of amides is 1. The summed E-state index contributed by atoms with van der Waals surface area (Å²) in [5.41, 5.74) is 5.56. The summed E-state index contributed by atoms with van der Waals surface area (Å²) in [6, 6.07) is 6.70. The van der Waals surface area contributed by atoms with Gasteiger partial charge in [-0.15, -0.1) is 12.4 Å². The molecule has 1 aromatic carbocycles. The lowest BCUT2D eigenvalue weighted by Gasteiger charge is -2.21. The number of nitrogens with two attached hydrogens (primary N) is 1. The Morgan fingerprint density at radius 2 is 1.81 bits per heavy atom. The van der Waals surface area contributed by atoms with Gasteiger partial charge in [0.2, 0.25) is 5.91 Å². The van der Waals surface area contributed by atoms with E-state index in [1.54, 1.807) is 38.1 Å². The number of methoxy groups -OCH3 is 1. The summed E-state index contributed by atoms with van der Waals surface area (Å²) < 4.78 is 9.67. The van der Waals surface area contributed by atoms with Crippen molar-refractivity contribution in [1.29, 1.82) is 0 Å². The van der Waals surface area contributed by atoms with Crippen LogP contribution >= 0.6 is 12.4 Å². The average Bonchev–Trinajstić information content (AvgIpc) is 2.46. The second-order valence-electron chi connectivity index (χ2n) is 4.93. The minimum Gasteiger partial charge on any atom is -0.482 e. The molecule has 0 heterocycles. The molecule has 0 aliphatic heterocycles. The van der Waals surface area contributed by atoms with Crippen LogP contribution in [-0.4, -0.2) is 32.1 Å². The molecule has 0 atom stereocenters. The fourth-order valence-electron chi connectivity index (χ4n) is 1.23. The Morgan fingerprint density at radius 3 is 2.29 bits per heavy atom. The molecular weight excluding hydrogens is 296 g/mol. The molecule has 7 heteroatoms. The minimum absolute atomic E-state index is 0. The molecule has 0 aliphatic carbocycles. The summed E-state index contributed by atoms with van der Waals surface area (Å²) in [7, 11) is 1.30. The number of halogens is 1. The van der Waals surface area contributed by atoms with E-state index in [-0.39, 0.29) is 31.5 Å². The van der Waals surface area contributed by atoms with Gasteiger partial charge in [-0.1, -0.05) is 0 Å². The molecule has 3 N–H and O–H groups in total. The van der Waals surface area contributed by atoms with Crippen LogP contribution in [0.4, 0.5) is 5.69 Å². The number of carbonyl (C=O) groups excluding carboxylic acids is 2. The number of rotatable bonds is 6. The molecule has 0 saturated heterocycles. The van der Waals surface area contributed by atoms with Gasteiger partial charge in [-0.05, 0) is 38.1 Å². The maximum Gasteiger partial charge on any atom is 0.343 e. The summed E-state index contributed by atoms with van der Waals surface area (Å²) in [5.74, 6) is -0.0817. The molecule has 0 aromatic heterocycles. The van der Waals surface area contributed by atoms with Crippen LogP contribution in [-0.2, 0) is 14.3 Å². The number of hydrogen-bond acceptors (Lipinski definition) is 5. The van der Waals surface area contributed by atoms with Crippen molar-refractivity contribution in [3.05, 3.63) is 24.3 Å². The van der Waals surface area contributed by atoms with Crippen LogP contribution in [0.2, 0.25) is 0 Å². The Morgan fingerprint density at radius 1 is 1.24 bits per heavy atom. The zero-order valence-electron chi connectivity index (χ0n) is 12.3. The van der Waals surface area contributed by atoms with E-state index in [0.29, 0.717) is 11.4 Å². The van der Waals surface area contributed by atoms with Gasteiger partial charge in [0.05, 0.1) is 12.5 Å². The van der Waals surface area contributed by atoms with Gasteiger partial charge in [-0.2, -0.15) is 0 Å². The van der Waals surface area contributed by atoms with E-state index in [9.17, 15) is 9.59 Å². The van der Waals surface area contributed by atoms with Gasteiger partial charge >= 0.3 is 5.97 Å². The fraction of sp³-hybridized carbons (Fsp3) is 0.429. The molecule has 0 radical (unpaired) electrons. The minimum atomic E-state index is -0.625. The van der Waals surface area contributed by atoms with Crippen LogP contribution < -0.4 is 15.8 Å². The highest BCUT2D eigenvalue weighted by Crippen LogP contribution is 2.19. The smallest absolute Gasteiger partial charge is 0.343 e.